The van der Waals surface area contributed by atoms with Crippen molar-refractivity contribution in [2.24, 2.45) is 23.5 Å². The summed E-state index contributed by atoms with van der Waals surface area (Å²) < 4.78 is 0. The zero-order chi connectivity index (χ0) is 27.2. The molecule has 0 bridgehead atoms. The fraction of sp³-hybridized carbons (Fsp3) is 0.519. The van der Waals surface area contributed by atoms with Crippen molar-refractivity contribution in [1.29, 1.82) is 0 Å². The molecule has 0 heterocycles. The van der Waals surface area contributed by atoms with E-state index in [2.05, 4.69) is 0 Å². The number of hydrogen-bond acceptors (Lipinski definition) is 8. The van der Waals surface area contributed by atoms with Gasteiger partial charge in [-0.1, -0.05) is 46.8 Å². The number of phenolic OH excluding ortho intramolecular Hbond substituents is 1. The fourth-order valence-corrected chi connectivity index (χ4v) is 6.71. The van der Waals surface area contributed by atoms with Crippen LogP contribution in [0.3, 0.4) is 0 Å². The minimum absolute atomic E-state index is 0.0305. The summed E-state index contributed by atoms with van der Waals surface area (Å²) in [5.41, 5.74) is 2.45. The first-order valence-corrected chi connectivity index (χ1v) is 12.0. The van der Waals surface area contributed by atoms with E-state index in [0.717, 1.165) is 0 Å². The van der Waals surface area contributed by atoms with E-state index >= 15 is 0 Å². The van der Waals surface area contributed by atoms with E-state index in [4.69, 9.17) is 5.73 Å². The van der Waals surface area contributed by atoms with Crippen LogP contribution in [0.15, 0.2) is 34.8 Å². The second-order valence-corrected chi connectivity index (χ2v) is 11.6. The van der Waals surface area contributed by atoms with Crippen molar-refractivity contribution in [2.75, 3.05) is 14.1 Å². The molecule has 1 aromatic carbocycles. The van der Waals surface area contributed by atoms with Gasteiger partial charge in [0.2, 0.25) is 5.78 Å². The summed E-state index contributed by atoms with van der Waals surface area (Å²) in [5, 5.41) is 45.4. The molecule has 6 atom stereocenters. The molecule has 9 nitrogen and oxygen atoms in total. The van der Waals surface area contributed by atoms with E-state index in [9.17, 15) is 34.8 Å². The Bertz CT molecular complexity index is 1270. The molecular weight excluding hydrogens is 464 g/mol. The van der Waals surface area contributed by atoms with Gasteiger partial charge in [0.15, 0.2) is 11.4 Å². The van der Waals surface area contributed by atoms with Gasteiger partial charge in [0.25, 0.3) is 5.91 Å². The number of aliphatic hydroxyl groups is 3. The predicted octanol–water partition coefficient (Wildman–Crippen LogP) is 2.23. The molecular formula is C27H34N2O7. The zero-order valence-electron chi connectivity index (χ0n) is 21.6. The van der Waals surface area contributed by atoms with Crippen LogP contribution in [0.1, 0.15) is 62.0 Å². The Morgan fingerprint density at radius 2 is 1.67 bits per heavy atom. The van der Waals surface area contributed by atoms with Crippen LogP contribution in [0.2, 0.25) is 0 Å². The minimum Gasteiger partial charge on any atom is -0.510 e. The zero-order valence-corrected chi connectivity index (χ0v) is 21.6. The van der Waals surface area contributed by atoms with Crippen LogP contribution in [-0.2, 0) is 15.0 Å². The molecule has 0 aliphatic heterocycles. The van der Waals surface area contributed by atoms with Crippen molar-refractivity contribution in [1.82, 2.24) is 4.90 Å². The molecule has 0 fully saturated rings. The summed E-state index contributed by atoms with van der Waals surface area (Å²) in [6, 6.07) is 2.56. The van der Waals surface area contributed by atoms with Gasteiger partial charge < -0.3 is 26.2 Å². The number of likely N-dealkylation sites (N-methyl/N-ethyl adjacent to an activating group) is 1. The number of aromatic hydroxyl groups is 1. The number of Topliss-reactive ketones (excluding diaryl/α,β-unsaturated/α-hetero) is 2. The topological polar surface area (TPSA) is 161 Å². The molecule has 6 N–H and O–H groups in total. The molecule has 0 saturated heterocycles. The fourth-order valence-electron chi connectivity index (χ4n) is 6.71. The lowest BCUT2D eigenvalue weighted by atomic mass is 9.52. The second-order valence-electron chi connectivity index (χ2n) is 11.6. The maximum Gasteiger partial charge on any atom is 0.255 e. The lowest BCUT2D eigenvalue weighted by Crippen LogP contribution is -2.66. The number of aliphatic hydroxyl groups excluding tert-OH is 2. The molecule has 0 spiro atoms. The highest BCUT2D eigenvalue weighted by Crippen LogP contribution is 2.58. The van der Waals surface area contributed by atoms with Crippen LogP contribution in [0, 0.1) is 17.8 Å². The average Bonchev–Trinajstić information content (AvgIpc) is 2.75. The first-order chi connectivity index (χ1) is 16.5. The van der Waals surface area contributed by atoms with Crippen LogP contribution < -0.4 is 5.73 Å². The third-order valence-electron chi connectivity index (χ3n) is 8.34. The number of benzene rings is 1. The van der Waals surface area contributed by atoms with Gasteiger partial charge in [0, 0.05) is 23.0 Å². The highest BCUT2D eigenvalue weighted by atomic mass is 16.3. The monoisotopic (exact) mass is 498 g/mol. The Hall–Kier alpha value is -3.17. The van der Waals surface area contributed by atoms with E-state index < -0.39 is 69.4 Å². The number of nitrogens with two attached hydrogens (primary N) is 1. The second kappa shape index (κ2) is 7.91. The van der Waals surface area contributed by atoms with Gasteiger partial charge in [0.1, 0.15) is 22.8 Å². The van der Waals surface area contributed by atoms with Crippen LogP contribution >= 0.6 is 0 Å². The van der Waals surface area contributed by atoms with Gasteiger partial charge in [-0.3, -0.25) is 19.3 Å². The third-order valence-corrected chi connectivity index (χ3v) is 8.34. The summed E-state index contributed by atoms with van der Waals surface area (Å²) in [5.74, 6) is -7.50. The Morgan fingerprint density at radius 1 is 1.08 bits per heavy atom. The lowest BCUT2D eigenvalue weighted by Gasteiger charge is -2.54. The van der Waals surface area contributed by atoms with Crippen LogP contribution in [0.25, 0.3) is 0 Å². The van der Waals surface area contributed by atoms with E-state index in [-0.39, 0.29) is 22.8 Å². The van der Waals surface area contributed by atoms with E-state index in [1.807, 2.05) is 27.7 Å². The summed E-state index contributed by atoms with van der Waals surface area (Å²) in [6.07, 6.45) is 0. The van der Waals surface area contributed by atoms with Gasteiger partial charge in [-0.25, -0.2) is 0 Å². The molecule has 0 aromatic heterocycles. The van der Waals surface area contributed by atoms with Gasteiger partial charge in [0.05, 0.1) is 11.6 Å². The van der Waals surface area contributed by atoms with Crippen molar-refractivity contribution < 1.29 is 34.8 Å². The standard InChI is InChI=1S/C27H34N2O7/c1-10-12-8-9-13(26(3,4)5)20(30)15(12)21(31)16-14(10)11(2)18-19(29(6)7)22(32)17(25(28)35)24(34)27(18,36)23(16)33/h8-11,14,18-19,30,32-33,36H,1-7H3,(H2,28,35)/t10-,11-,14-,18-,19-,27-/m0/s1. The SMILES string of the molecule is C[C@H]1[C@H]2C(=C(O)[C@]3(O)C(=O)C(C(N)=O)=C(O)[C@@H](N(C)C)[C@H]13)C(=O)c1c(ccc(C(C)(C)C)c1O)[C@@H]2C. The number of hydrogen-bond donors (Lipinski definition) is 5. The summed E-state index contributed by atoms with van der Waals surface area (Å²) >= 11 is 0. The molecule has 1 amide bonds. The molecule has 3 aliphatic carbocycles. The molecule has 0 saturated carbocycles. The minimum atomic E-state index is -2.67. The van der Waals surface area contributed by atoms with Crippen molar-refractivity contribution in [3.05, 3.63) is 51.5 Å². The summed E-state index contributed by atoms with van der Waals surface area (Å²) in [7, 11) is 3.21. The summed E-state index contributed by atoms with van der Waals surface area (Å²) in [4.78, 5) is 41.1. The largest absolute Gasteiger partial charge is 0.510 e. The Balaban J connectivity index is 2.05. The molecule has 4 rings (SSSR count). The first-order valence-electron chi connectivity index (χ1n) is 12.0. The number of carbonyl (C=O) groups is 3. The highest BCUT2D eigenvalue weighted by Gasteiger charge is 2.66. The van der Waals surface area contributed by atoms with Crippen molar-refractivity contribution in [3.8, 4) is 5.75 Å². The van der Waals surface area contributed by atoms with Gasteiger partial charge in [-0.2, -0.15) is 0 Å². The average molecular weight is 499 g/mol. The first kappa shape index (κ1) is 25.9. The molecule has 194 valence electrons. The Kier molecular flexibility index (Phi) is 5.70. The number of carbonyl (C=O) groups excluding carboxylic acids is 3. The van der Waals surface area contributed by atoms with Gasteiger partial charge in [-0.05, 0) is 36.9 Å². The van der Waals surface area contributed by atoms with Crippen LogP contribution in [-0.4, -0.2) is 68.5 Å². The predicted molar refractivity (Wildman–Crippen MR) is 132 cm³/mol. The smallest absolute Gasteiger partial charge is 0.255 e. The number of rotatable bonds is 2. The Labute approximate surface area is 209 Å². The molecule has 0 unspecified atom stereocenters. The highest BCUT2D eigenvalue weighted by molar-refractivity contribution is 6.24. The third kappa shape index (κ3) is 3.12. The van der Waals surface area contributed by atoms with Crippen LogP contribution in [0.4, 0.5) is 0 Å². The summed E-state index contributed by atoms with van der Waals surface area (Å²) in [6.45, 7) is 9.30. The molecule has 9 heteroatoms. The number of primary amides is 1. The Morgan fingerprint density at radius 3 is 2.17 bits per heavy atom. The van der Waals surface area contributed by atoms with Crippen molar-refractivity contribution >= 4 is 17.5 Å². The molecule has 36 heavy (non-hydrogen) atoms. The lowest BCUT2D eigenvalue weighted by molar-refractivity contribution is -0.153. The number of nitrogens with zero attached hydrogens (tertiary/aromatic N) is 1. The maximum atomic E-state index is 13.9. The van der Waals surface area contributed by atoms with Gasteiger partial charge in [-0.15, -0.1) is 0 Å². The van der Waals surface area contributed by atoms with E-state index in [1.54, 1.807) is 38.1 Å². The van der Waals surface area contributed by atoms with Gasteiger partial charge >= 0.3 is 0 Å². The van der Waals surface area contributed by atoms with Crippen molar-refractivity contribution in [3.63, 3.8) is 0 Å². The van der Waals surface area contributed by atoms with Crippen LogP contribution in [0.5, 0.6) is 5.75 Å². The molecule has 0 radical (unpaired) electrons. The number of allylic oxidation sites excluding steroid dienone is 1. The number of phenols is 1. The number of fused-ring (bicyclic) bond motifs is 3. The molecule has 1 aromatic rings. The number of ketones is 2. The molecule has 3 aliphatic rings. The number of amides is 1. The van der Waals surface area contributed by atoms with Crippen molar-refractivity contribution in [2.45, 2.75) is 57.6 Å². The normalized spacial score (nSPS) is 32.4. The van der Waals surface area contributed by atoms with E-state index in [0.29, 0.717) is 11.1 Å². The quantitative estimate of drug-likeness (QED) is 0.388. The van der Waals surface area contributed by atoms with E-state index in [1.165, 1.54) is 0 Å². The maximum absolute atomic E-state index is 13.9.